The molecule has 0 aromatic heterocycles. The highest BCUT2D eigenvalue weighted by molar-refractivity contribution is 5.76. The van der Waals surface area contributed by atoms with Gasteiger partial charge in [-0.15, -0.1) is 0 Å². The summed E-state index contributed by atoms with van der Waals surface area (Å²) in [6.07, 6.45) is 47.7. The molecule has 0 aromatic rings. The lowest BCUT2D eigenvalue weighted by molar-refractivity contribution is -0.143. The number of amides is 1. The number of esters is 1. The zero-order valence-electron chi connectivity index (χ0n) is 35.5. The molecule has 3 N–H and O–H groups in total. The fourth-order valence-electron chi connectivity index (χ4n) is 7.16. The first-order valence-electron chi connectivity index (χ1n) is 23.5. The molecule has 2 atom stereocenters. The molecule has 0 aliphatic heterocycles. The standard InChI is InChI=1S/C47H91NO5/c1-3-5-7-9-11-13-14-15-18-21-25-29-33-37-41-47(52)53-42-38-34-30-26-22-19-16-17-20-24-28-32-36-40-46(51)48-44(43-49)45(50)39-35-31-27-23-12-10-8-6-4-2/h35,39,44-45,49-50H,3-34,36-38,40-43H2,1-2H3,(H,48,51)/b39-35+. The third kappa shape index (κ3) is 40.1. The van der Waals surface area contributed by atoms with Crippen LogP contribution in [-0.2, 0) is 14.3 Å². The second kappa shape index (κ2) is 43.3. The molecule has 0 aliphatic carbocycles. The number of carbonyl (C=O) groups excluding carboxylic acids is 2. The molecule has 6 nitrogen and oxygen atoms in total. The van der Waals surface area contributed by atoms with E-state index in [1.54, 1.807) is 6.08 Å². The summed E-state index contributed by atoms with van der Waals surface area (Å²) in [5.41, 5.74) is 0. The number of hydrogen-bond donors (Lipinski definition) is 3. The predicted octanol–water partition coefficient (Wildman–Crippen LogP) is 13.4. The van der Waals surface area contributed by atoms with E-state index in [-0.39, 0.29) is 18.5 Å². The van der Waals surface area contributed by atoms with Crippen LogP contribution in [0.25, 0.3) is 0 Å². The van der Waals surface area contributed by atoms with Crippen LogP contribution >= 0.6 is 0 Å². The van der Waals surface area contributed by atoms with E-state index in [1.807, 2.05) is 6.08 Å². The van der Waals surface area contributed by atoms with Crippen molar-refractivity contribution in [3.63, 3.8) is 0 Å². The summed E-state index contributed by atoms with van der Waals surface area (Å²) >= 11 is 0. The molecule has 2 unspecified atom stereocenters. The van der Waals surface area contributed by atoms with E-state index in [9.17, 15) is 19.8 Å². The molecule has 1 amide bonds. The highest BCUT2D eigenvalue weighted by Crippen LogP contribution is 2.16. The first-order chi connectivity index (χ1) is 26.0. The topological polar surface area (TPSA) is 95.9 Å². The Kier molecular flexibility index (Phi) is 42.2. The van der Waals surface area contributed by atoms with Crippen LogP contribution in [0, 0.1) is 0 Å². The van der Waals surface area contributed by atoms with Gasteiger partial charge in [0, 0.05) is 12.8 Å². The number of allylic oxidation sites excluding steroid dienone is 1. The molecule has 53 heavy (non-hydrogen) atoms. The summed E-state index contributed by atoms with van der Waals surface area (Å²) in [6, 6.07) is -0.633. The van der Waals surface area contributed by atoms with E-state index in [2.05, 4.69) is 19.2 Å². The van der Waals surface area contributed by atoms with Gasteiger partial charge in [0.25, 0.3) is 0 Å². The van der Waals surface area contributed by atoms with Gasteiger partial charge >= 0.3 is 5.97 Å². The molecule has 0 saturated carbocycles. The largest absolute Gasteiger partial charge is 0.466 e. The molecule has 0 saturated heterocycles. The van der Waals surface area contributed by atoms with Crippen LogP contribution < -0.4 is 5.32 Å². The van der Waals surface area contributed by atoms with Crippen molar-refractivity contribution in [3.8, 4) is 0 Å². The van der Waals surface area contributed by atoms with Gasteiger partial charge in [-0.1, -0.05) is 219 Å². The lowest BCUT2D eigenvalue weighted by atomic mass is 10.0. The van der Waals surface area contributed by atoms with Crippen molar-refractivity contribution >= 4 is 11.9 Å². The summed E-state index contributed by atoms with van der Waals surface area (Å²) in [4.78, 5) is 24.3. The Morgan fingerprint density at radius 2 is 0.868 bits per heavy atom. The number of hydrogen-bond acceptors (Lipinski definition) is 5. The maximum Gasteiger partial charge on any atom is 0.305 e. The number of aliphatic hydroxyl groups is 2. The van der Waals surface area contributed by atoms with Crippen LogP contribution in [0.1, 0.15) is 251 Å². The Morgan fingerprint density at radius 1 is 0.509 bits per heavy atom. The molecular formula is C47H91NO5. The van der Waals surface area contributed by atoms with E-state index in [4.69, 9.17) is 4.74 Å². The Morgan fingerprint density at radius 3 is 1.28 bits per heavy atom. The number of ether oxygens (including phenoxy) is 1. The summed E-state index contributed by atoms with van der Waals surface area (Å²) in [6.45, 7) is 4.84. The molecule has 0 heterocycles. The Balaban J connectivity index is 3.44. The number of aliphatic hydroxyl groups excluding tert-OH is 2. The van der Waals surface area contributed by atoms with Crippen LogP contribution in [0.3, 0.4) is 0 Å². The molecule has 0 fully saturated rings. The fourth-order valence-corrected chi connectivity index (χ4v) is 7.16. The van der Waals surface area contributed by atoms with Crippen molar-refractivity contribution in [1.82, 2.24) is 5.32 Å². The monoisotopic (exact) mass is 750 g/mol. The summed E-state index contributed by atoms with van der Waals surface area (Å²) in [5.74, 6) is -0.0887. The summed E-state index contributed by atoms with van der Waals surface area (Å²) in [7, 11) is 0. The maximum atomic E-state index is 12.3. The van der Waals surface area contributed by atoms with Gasteiger partial charge in [-0.2, -0.15) is 0 Å². The third-order valence-electron chi connectivity index (χ3n) is 10.8. The van der Waals surface area contributed by atoms with Gasteiger partial charge in [0.1, 0.15) is 0 Å². The molecule has 314 valence electrons. The molecular weight excluding hydrogens is 659 g/mol. The summed E-state index contributed by atoms with van der Waals surface area (Å²) in [5, 5.41) is 22.9. The van der Waals surface area contributed by atoms with Crippen molar-refractivity contribution in [3.05, 3.63) is 12.2 Å². The highest BCUT2D eigenvalue weighted by Gasteiger charge is 2.18. The molecule has 0 aliphatic rings. The lowest BCUT2D eigenvalue weighted by Gasteiger charge is -2.20. The molecule has 0 rings (SSSR count). The third-order valence-corrected chi connectivity index (χ3v) is 10.8. The predicted molar refractivity (Wildman–Crippen MR) is 227 cm³/mol. The van der Waals surface area contributed by atoms with Crippen molar-refractivity contribution in [2.45, 2.75) is 264 Å². The average molecular weight is 750 g/mol. The SMILES string of the molecule is CCCCCCCCC/C=C/C(O)C(CO)NC(=O)CCCCCCCCCCCCCCCOC(=O)CCCCCCCCCCCCCCCC. The molecule has 6 heteroatoms. The minimum atomic E-state index is -0.849. The van der Waals surface area contributed by atoms with Crippen LogP contribution in [-0.4, -0.2) is 47.4 Å². The number of carbonyl (C=O) groups is 2. The van der Waals surface area contributed by atoms with Crippen LogP contribution in [0.15, 0.2) is 12.2 Å². The van der Waals surface area contributed by atoms with E-state index in [1.165, 1.54) is 167 Å². The van der Waals surface area contributed by atoms with Crippen molar-refractivity contribution in [2.24, 2.45) is 0 Å². The van der Waals surface area contributed by atoms with E-state index in [0.29, 0.717) is 19.4 Å². The van der Waals surface area contributed by atoms with Crippen molar-refractivity contribution in [2.75, 3.05) is 13.2 Å². The molecule has 0 aromatic carbocycles. The van der Waals surface area contributed by atoms with Crippen LogP contribution in [0.2, 0.25) is 0 Å². The molecule has 0 radical (unpaired) electrons. The smallest absolute Gasteiger partial charge is 0.305 e. The fraction of sp³-hybridized carbons (Fsp3) is 0.915. The van der Waals surface area contributed by atoms with Crippen molar-refractivity contribution in [1.29, 1.82) is 0 Å². The first-order valence-corrected chi connectivity index (χ1v) is 23.5. The van der Waals surface area contributed by atoms with E-state index < -0.39 is 12.1 Å². The van der Waals surface area contributed by atoms with E-state index >= 15 is 0 Å². The van der Waals surface area contributed by atoms with Gasteiger partial charge < -0.3 is 20.3 Å². The van der Waals surface area contributed by atoms with Gasteiger partial charge in [0.05, 0.1) is 25.4 Å². The Hall–Kier alpha value is -1.40. The first kappa shape index (κ1) is 51.6. The quantitative estimate of drug-likeness (QED) is 0.0328. The minimum Gasteiger partial charge on any atom is -0.466 e. The van der Waals surface area contributed by atoms with Gasteiger partial charge in [0.2, 0.25) is 5.91 Å². The Bertz CT molecular complexity index is 787. The number of rotatable bonds is 43. The average Bonchev–Trinajstić information content (AvgIpc) is 3.16. The number of unbranched alkanes of at least 4 members (excludes halogenated alkanes) is 32. The zero-order chi connectivity index (χ0) is 38.7. The van der Waals surface area contributed by atoms with Gasteiger partial charge in [-0.05, 0) is 32.1 Å². The minimum absolute atomic E-state index is 0.00533. The van der Waals surface area contributed by atoms with Gasteiger partial charge in [0.15, 0.2) is 0 Å². The van der Waals surface area contributed by atoms with Crippen molar-refractivity contribution < 1.29 is 24.5 Å². The molecule has 0 spiro atoms. The van der Waals surface area contributed by atoms with E-state index in [0.717, 1.165) is 57.8 Å². The molecule has 0 bridgehead atoms. The summed E-state index contributed by atoms with van der Waals surface area (Å²) < 4.78 is 5.45. The zero-order valence-corrected chi connectivity index (χ0v) is 35.5. The normalized spacial score (nSPS) is 12.8. The maximum absolute atomic E-state index is 12.3. The second-order valence-electron chi connectivity index (χ2n) is 16.1. The highest BCUT2D eigenvalue weighted by atomic mass is 16.5. The Labute approximate surface area is 329 Å². The van der Waals surface area contributed by atoms with Crippen LogP contribution in [0.5, 0.6) is 0 Å². The van der Waals surface area contributed by atoms with Gasteiger partial charge in [-0.3, -0.25) is 9.59 Å². The lowest BCUT2D eigenvalue weighted by Crippen LogP contribution is -2.45. The second-order valence-corrected chi connectivity index (χ2v) is 16.1. The van der Waals surface area contributed by atoms with Gasteiger partial charge in [-0.25, -0.2) is 0 Å². The van der Waals surface area contributed by atoms with Crippen LogP contribution in [0.4, 0.5) is 0 Å². The number of nitrogens with one attached hydrogen (secondary N) is 1.